The van der Waals surface area contributed by atoms with Gasteiger partial charge in [-0.05, 0) is 24.3 Å². The second-order valence-corrected chi connectivity index (χ2v) is 4.02. The van der Waals surface area contributed by atoms with Crippen LogP contribution >= 0.6 is 11.8 Å². The third-order valence-corrected chi connectivity index (χ3v) is 2.67. The smallest absolute Gasteiger partial charge is 0.159 e. The van der Waals surface area contributed by atoms with Gasteiger partial charge in [-0.3, -0.25) is 0 Å². The fraction of sp³-hybridized carbons (Fsp3) is 0.100. The summed E-state index contributed by atoms with van der Waals surface area (Å²) in [6, 6.07) is 3.68. The van der Waals surface area contributed by atoms with Crippen LogP contribution in [0.3, 0.4) is 0 Å². The fourth-order valence-corrected chi connectivity index (χ4v) is 1.82. The zero-order valence-electron chi connectivity index (χ0n) is 7.71. The molecule has 15 heavy (non-hydrogen) atoms. The monoisotopic (exact) mass is 226 g/mol. The molecule has 0 aliphatic carbocycles. The lowest BCUT2D eigenvalue weighted by Gasteiger charge is -2.09. The molecule has 1 heterocycles. The predicted molar refractivity (Wildman–Crippen MR) is 58.4 cm³/mol. The van der Waals surface area contributed by atoms with E-state index in [9.17, 15) is 8.78 Å². The molecule has 78 valence electrons. The molecule has 2 rings (SSSR count). The first kappa shape index (κ1) is 10.2. The number of amidine groups is 1. The number of hydrogen-bond donors (Lipinski definition) is 1. The fourth-order valence-electron chi connectivity index (χ4n) is 1.24. The lowest BCUT2D eigenvalue weighted by Crippen LogP contribution is -2.10. The Morgan fingerprint density at radius 2 is 2.07 bits per heavy atom. The van der Waals surface area contributed by atoms with Crippen LogP contribution in [-0.2, 0) is 0 Å². The lowest BCUT2D eigenvalue weighted by molar-refractivity contribution is 0.508. The number of aliphatic imine (C=N–C) groups is 1. The van der Waals surface area contributed by atoms with Crippen LogP contribution in [0.5, 0.6) is 0 Å². The highest BCUT2D eigenvalue weighted by molar-refractivity contribution is 8.14. The summed E-state index contributed by atoms with van der Waals surface area (Å²) in [5.74, 6) is -1.04. The van der Waals surface area contributed by atoms with Gasteiger partial charge in [0.25, 0.3) is 0 Å². The first-order valence-corrected chi connectivity index (χ1v) is 5.28. The van der Waals surface area contributed by atoms with Crippen molar-refractivity contribution in [1.82, 2.24) is 0 Å². The minimum Gasteiger partial charge on any atom is -0.378 e. The Morgan fingerprint density at radius 1 is 1.27 bits per heavy atom. The molecule has 1 aromatic carbocycles. The summed E-state index contributed by atoms with van der Waals surface area (Å²) >= 11 is 1.41. The summed E-state index contributed by atoms with van der Waals surface area (Å²) in [4.78, 5) is 4.05. The van der Waals surface area contributed by atoms with E-state index < -0.39 is 11.6 Å². The number of hydrogen-bond acceptors (Lipinski definition) is 3. The van der Waals surface area contributed by atoms with Gasteiger partial charge in [0.1, 0.15) is 0 Å². The molecule has 0 amide bonds. The number of nitrogens with two attached hydrogens (primary N) is 1. The Kier molecular flexibility index (Phi) is 2.73. The first-order chi connectivity index (χ1) is 7.16. The lowest BCUT2D eigenvalue weighted by atomic mass is 10.1. The molecular weight excluding hydrogens is 218 g/mol. The minimum atomic E-state index is -0.875. The van der Waals surface area contributed by atoms with Gasteiger partial charge in [0.2, 0.25) is 0 Å². The molecule has 0 saturated heterocycles. The molecule has 1 aliphatic heterocycles. The van der Waals surface area contributed by atoms with Gasteiger partial charge in [-0.2, -0.15) is 0 Å². The van der Waals surface area contributed by atoms with Crippen molar-refractivity contribution in [1.29, 1.82) is 0 Å². The van der Waals surface area contributed by atoms with E-state index in [0.717, 1.165) is 12.1 Å². The molecule has 1 aliphatic rings. The number of rotatable bonds is 1. The van der Waals surface area contributed by atoms with E-state index in [2.05, 4.69) is 4.99 Å². The molecule has 0 aromatic heterocycles. The highest BCUT2D eigenvalue weighted by Gasteiger charge is 2.09. The van der Waals surface area contributed by atoms with Gasteiger partial charge in [0.15, 0.2) is 16.8 Å². The van der Waals surface area contributed by atoms with Crippen molar-refractivity contribution in [3.05, 3.63) is 41.5 Å². The van der Waals surface area contributed by atoms with Gasteiger partial charge in [0.05, 0.1) is 5.70 Å². The van der Waals surface area contributed by atoms with Crippen molar-refractivity contribution in [2.75, 3.05) is 5.75 Å². The highest BCUT2D eigenvalue weighted by Crippen LogP contribution is 2.23. The number of nitrogens with zero attached hydrogens (tertiary/aromatic N) is 1. The van der Waals surface area contributed by atoms with E-state index in [1.54, 1.807) is 0 Å². The molecule has 5 heteroatoms. The van der Waals surface area contributed by atoms with Crippen LogP contribution in [0.25, 0.3) is 5.70 Å². The number of halogens is 2. The van der Waals surface area contributed by atoms with E-state index >= 15 is 0 Å². The summed E-state index contributed by atoms with van der Waals surface area (Å²) in [7, 11) is 0. The van der Waals surface area contributed by atoms with Crippen LogP contribution in [-0.4, -0.2) is 10.9 Å². The molecule has 0 atom stereocenters. The number of benzene rings is 1. The molecule has 0 spiro atoms. The average molecular weight is 226 g/mol. The Morgan fingerprint density at radius 3 is 2.73 bits per heavy atom. The molecule has 2 N–H and O–H groups in total. The van der Waals surface area contributed by atoms with Crippen LogP contribution < -0.4 is 5.73 Å². The summed E-state index contributed by atoms with van der Waals surface area (Å²) in [6.07, 6.45) is 1.83. The largest absolute Gasteiger partial charge is 0.378 e. The first-order valence-electron chi connectivity index (χ1n) is 4.29. The van der Waals surface area contributed by atoms with E-state index in [1.807, 2.05) is 6.08 Å². The van der Waals surface area contributed by atoms with Crippen molar-refractivity contribution in [2.24, 2.45) is 10.7 Å². The summed E-state index contributed by atoms with van der Waals surface area (Å²) < 4.78 is 25.6. The second kappa shape index (κ2) is 4.02. The van der Waals surface area contributed by atoms with Gasteiger partial charge in [-0.1, -0.05) is 11.8 Å². The van der Waals surface area contributed by atoms with Crippen LogP contribution in [0.15, 0.2) is 29.3 Å². The highest BCUT2D eigenvalue weighted by atomic mass is 32.2. The third-order valence-electron chi connectivity index (χ3n) is 1.95. The van der Waals surface area contributed by atoms with Crippen molar-refractivity contribution >= 4 is 22.6 Å². The molecule has 1 aromatic rings. The normalized spacial score (nSPS) is 15.9. The molecule has 0 unspecified atom stereocenters. The molecule has 0 radical (unpaired) electrons. The Balaban J connectivity index is 2.38. The summed E-state index contributed by atoms with van der Waals surface area (Å²) in [5, 5.41) is 0.442. The van der Waals surface area contributed by atoms with Gasteiger partial charge in [0, 0.05) is 11.3 Å². The maximum absolute atomic E-state index is 12.9. The third kappa shape index (κ3) is 2.18. The Labute approximate surface area is 89.9 Å². The van der Waals surface area contributed by atoms with Crippen LogP contribution in [0.4, 0.5) is 8.78 Å². The van der Waals surface area contributed by atoms with Gasteiger partial charge >= 0.3 is 0 Å². The molecule has 0 fully saturated rings. The standard InChI is InChI=1S/C10H8F2N2S/c11-7-2-1-6(5-8(7)12)9-3-4-15-10(13)14-9/h1-3,5H,4H2,(H2,13,14). The Bertz CT molecular complexity index is 455. The molecule has 2 nitrogen and oxygen atoms in total. The van der Waals surface area contributed by atoms with Crippen molar-refractivity contribution in [2.45, 2.75) is 0 Å². The van der Waals surface area contributed by atoms with E-state index in [0.29, 0.717) is 22.2 Å². The van der Waals surface area contributed by atoms with Gasteiger partial charge < -0.3 is 5.73 Å². The topological polar surface area (TPSA) is 38.4 Å². The second-order valence-electron chi connectivity index (χ2n) is 2.98. The van der Waals surface area contributed by atoms with E-state index in [4.69, 9.17) is 5.73 Å². The minimum absolute atomic E-state index is 0.442. The Hall–Kier alpha value is -1.36. The number of thioether (sulfide) groups is 1. The summed E-state index contributed by atoms with van der Waals surface area (Å²) in [6.45, 7) is 0. The molecular formula is C10H8F2N2S. The maximum atomic E-state index is 12.9. The molecule has 0 saturated carbocycles. The van der Waals surface area contributed by atoms with Crippen molar-refractivity contribution in [3.8, 4) is 0 Å². The summed E-state index contributed by atoms with van der Waals surface area (Å²) in [5.41, 5.74) is 6.66. The SMILES string of the molecule is NC1=NC(c2ccc(F)c(F)c2)=CCS1. The van der Waals surface area contributed by atoms with Crippen LogP contribution in [0.2, 0.25) is 0 Å². The molecule has 0 bridgehead atoms. The van der Waals surface area contributed by atoms with Gasteiger partial charge in [-0.15, -0.1) is 0 Å². The van der Waals surface area contributed by atoms with Crippen LogP contribution in [0, 0.1) is 11.6 Å². The predicted octanol–water partition coefficient (Wildman–Crippen LogP) is 2.37. The van der Waals surface area contributed by atoms with E-state index in [1.165, 1.54) is 17.8 Å². The van der Waals surface area contributed by atoms with E-state index in [-0.39, 0.29) is 0 Å². The maximum Gasteiger partial charge on any atom is 0.159 e. The zero-order chi connectivity index (χ0) is 10.8. The van der Waals surface area contributed by atoms with Crippen molar-refractivity contribution < 1.29 is 8.78 Å². The van der Waals surface area contributed by atoms with Crippen molar-refractivity contribution in [3.63, 3.8) is 0 Å². The quantitative estimate of drug-likeness (QED) is 0.798. The van der Waals surface area contributed by atoms with Crippen LogP contribution in [0.1, 0.15) is 5.56 Å². The van der Waals surface area contributed by atoms with Gasteiger partial charge in [-0.25, -0.2) is 13.8 Å². The zero-order valence-corrected chi connectivity index (χ0v) is 8.52. The average Bonchev–Trinajstić information content (AvgIpc) is 2.22.